The Morgan fingerprint density at radius 3 is 2.08 bits per heavy atom. The van der Waals surface area contributed by atoms with E-state index in [-0.39, 0.29) is 31.6 Å². The highest BCUT2D eigenvalue weighted by Crippen LogP contribution is 2.14. The molecule has 1 heterocycles. The molecule has 1 aliphatic rings. The molecule has 1 rings (SSSR count). The molecule has 9 heteroatoms. The quantitative estimate of drug-likeness (QED) is 0.521. The van der Waals surface area contributed by atoms with Gasteiger partial charge in [-0.1, -0.05) is 13.8 Å². The zero-order valence-electron chi connectivity index (χ0n) is 15.8. The number of hydrogen-bond acceptors (Lipinski definition) is 7. The molecule has 1 saturated heterocycles. The SMILES string of the molecule is CC(C)C(NC(=O)CCC(=O)ON1C(=O)CCC1=O)C(=O)OC(C)(C)C. The average molecular weight is 370 g/mol. The fourth-order valence-electron chi connectivity index (χ4n) is 2.13. The molecule has 146 valence electrons. The Morgan fingerprint density at radius 1 is 1.08 bits per heavy atom. The molecule has 9 nitrogen and oxygen atoms in total. The van der Waals surface area contributed by atoms with Crippen molar-refractivity contribution in [2.24, 2.45) is 5.92 Å². The molecule has 0 aromatic heterocycles. The summed E-state index contributed by atoms with van der Waals surface area (Å²) in [5.41, 5.74) is -0.687. The number of nitrogens with zero attached hydrogens (tertiary/aromatic N) is 1. The fraction of sp³-hybridized carbons (Fsp3) is 0.706. The minimum atomic E-state index is -0.873. The highest BCUT2D eigenvalue weighted by molar-refractivity contribution is 6.01. The first-order valence-corrected chi connectivity index (χ1v) is 8.49. The number of hydrogen-bond donors (Lipinski definition) is 1. The van der Waals surface area contributed by atoms with E-state index in [1.165, 1.54) is 0 Å². The number of amides is 3. The second-order valence-corrected chi connectivity index (χ2v) is 7.37. The summed E-state index contributed by atoms with van der Waals surface area (Å²) in [6.07, 6.45) is -0.583. The first kappa shape index (κ1) is 21.6. The van der Waals surface area contributed by atoms with Crippen LogP contribution in [0.1, 0.15) is 60.3 Å². The van der Waals surface area contributed by atoms with Crippen LogP contribution in [-0.4, -0.2) is 46.4 Å². The van der Waals surface area contributed by atoms with Crippen molar-refractivity contribution < 1.29 is 33.5 Å². The lowest BCUT2D eigenvalue weighted by molar-refractivity contribution is -0.197. The highest BCUT2D eigenvalue weighted by atomic mass is 16.7. The summed E-state index contributed by atoms with van der Waals surface area (Å²) < 4.78 is 5.27. The van der Waals surface area contributed by atoms with E-state index in [0.29, 0.717) is 5.06 Å². The summed E-state index contributed by atoms with van der Waals surface area (Å²) in [5, 5.41) is 2.97. The van der Waals surface area contributed by atoms with Gasteiger partial charge in [-0.05, 0) is 26.7 Å². The minimum absolute atomic E-state index is 0.00143. The van der Waals surface area contributed by atoms with Crippen molar-refractivity contribution in [3.8, 4) is 0 Å². The van der Waals surface area contributed by atoms with Crippen molar-refractivity contribution in [3.63, 3.8) is 0 Å². The number of carbonyl (C=O) groups excluding carboxylic acids is 5. The Balaban J connectivity index is 2.50. The van der Waals surface area contributed by atoms with Crippen LogP contribution in [0.25, 0.3) is 0 Å². The maximum Gasteiger partial charge on any atom is 0.333 e. The first-order chi connectivity index (χ1) is 11.9. The molecule has 1 N–H and O–H groups in total. The predicted octanol–water partition coefficient (Wildman–Crippen LogP) is 0.856. The van der Waals surface area contributed by atoms with Gasteiger partial charge in [-0.2, -0.15) is 0 Å². The first-order valence-electron chi connectivity index (χ1n) is 8.49. The number of rotatable bonds is 7. The van der Waals surface area contributed by atoms with E-state index in [9.17, 15) is 24.0 Å². The van der Waals surface area contributed by atoms with Crippen molar-refractivity contribution in [2.45, 2.75) is 71.9 Å². The number of ether oxygens (including phenoxy) is 1. The maximum atomic E-state index is 12.2. The van der Waals surface area contributed by atoms with Gasteiger partial charge in [0.1, 0.15) is 11.6 Å². The van der Waals surface area contributed by atoms with Crippen LogP contribution in [0.15, 0.2) is 0 Å². The molecule has 0 aromatic rings. The molecule has 3 amide bonds. The van der Waals surface area contributed by atoms with Crippen LogP contribution in [0, 0.1) is 5.92 Å². The number of carbonyl (C=O) groups is 5. The number of esters is 1. The second kappa shape index (κ2) is 8.77. The molecule has 0 bridgehead atoms. The topological polar surface area (TPSA) is 119 Å². The molecule has 0 spiro atoms. The van der Waals surface area contributed by atoms with E-state index >= 15 is 0 Å². The fourth-order valence-corrected chi connectivity index (χ4v) is 2.13. The van der Waals surface area contributed by atoms with Crippen LogP contribution in [0.5, 0.6) is 0 Å². The van der Waals surface area contributed by atoms with Gasteiger partial charge in [0, 0.05) is 19.3 Å². The van der Waals surface area contributed by atoms with Crippen molar-refractivity contribution >= 4 is 29.7 Å². The van der Waals surface area contributed by atoms with Gasteiger partial charge < -0.3 is 14.9 Å². The molecule has 0 saturated carbocycles. The number of hydroxylamine groups is 2. The minimum Gasteiger partial charge on any atom is -0.458 e. The van der Waals surface area contributed by atoms with Crippen LogP contribution < -0.4 is 5.32 Å². The van der Waals surface area contributed by atoms with Gasteiger partial charge in [0.05, 0.1) is 6.42 Å². The van der Waals surface area contributed by atoms with E-state index in [0.717, 1.165) is 0 Å². The maximum absolute atomic E-state index is 12.2. The summed E-state index contributed by atoms with van der Waals surface area (Å²) >= 11 is 0. The van der Waals surface area contributed by atoms with Gasteiger partial charge >= 0.3 is 11.9 Å². The Morgan fingerprint density at radius 2 is 1.62 bits per heavy atom. The van der Waals surface area contributed by atoms with E-state index in [1.54, 1.807) is 34.6 Å². The Labute approximate surface area is 152 Å². The normalized spacial score (nSPS) is 15.8. The lowest BCUT2D eigenvalue weighted by Crippen LogP contribution is -2.47. The van der Waals surface area contributed by atoms with Gasteiger partial charge in [0.25, 0.3) is 11.8 Å². The van der Waals surface area contributed by atoms with Gasteiger partial charge in [-0.25, -0.2) is 9.59 Å². The van der Waals surface area contributed by atoms with Crippen LogP contribution >= 0.6 is 0 Å². The molecule has 26 heavy (non-hydrogen) atoms. The van der Waals surface area contributed by atoms with Crippen molar-refractivity contribution in [1.82, 2.24) is 10.4 Å². The zero-order valence-corrected chi connectivity index (χ0v) is 15.8. The molecule has 0 radical (unpaired) electrons. The average Bonchev–Trinajstić information content (AvgIpc) is 2.80. The van der Waals surface area contributed by atoms with E-state index in [2.05, 4.69) is 10.2 Å². The van der Waals surface area contributed by atoms with Crippen LogP contribution in [0.4, 0.5) is 0 Å². The van der Waals surface area contributed by atoms with Crippen LogP contribution in [0.2, 0.25) is 0 Å². The van der Waals surface area contributed by atoms with Crippen molar-refractivity contribution in [2.75, 3.05) is 0 Å². The largest absolute Gasteiger partial charge is 0.458 e. The van der Waals surface area contributed by atoms with Gasteiger partial charge in [-0.15, -0.1) is 5.06 Å². The molecular formula is C17H26N2O7. The summed E-state index contributed by atoms with van der Waals surface area (Å²) in [6.45, 7) is 8.69. The second-order valence-electron chi connectivity index (χ2n) is 7.37. The van der Waals surface area contributed by atoms with E-state index in [1.807, 2.05) is 0 Å². The van der Waals surface area contributed by atoms with Crippen molar-refractivity contribution in [1.29, 1.82) is 0 Å². The lowest BCUT2D eigenvalue weighted by atomic mass is 10.0. The third-order valence-corrected chi connectivity index (χ3v) is 3.40. The summed E-state index contributed by atoms with van der Waals surface area (Å²) in [4.78, 5) is 63.3. The van der Waals surface area contributed by atoms with Gasteiger partial charge in [0.2, 0.25) is 5.91 Å². The standard InChI is InChI=1S/C17H26N2O7/c1-10(2)15(16(24)25-17(3,4)5)18-11(20)6-9-14(23)26-19-12(21)7-8-13(19)22/h10,15H,6-9H2,1-5H3,(H,18,20). The zero-order chi connectivity index (χ0) is 20.1. The number of imide groups is 1. The molecular weight excluding hydrogens is 344 g/mol. The Bertz CT molecular complexity index is 576. The summed E-state index contributed by atoms with van der Waals surface area (Å²) in [7, 11) is 0. The Hall–Kier alpha value is -2.45. The predicted molar refractivity (Wildman–Crippen MR) is 89.0 cm³/mol. The number of nitrogens with one attached hydrogen (secondary N) is 1. The molecule has 1 aliphatic heterocycles. The molecule has 1 fully saturated rings. The monoisotopic (exact) mass is 370 g/mol. The smallest absolute Gasteiger partial charge is 0.333 e. The van der Waals surface area contributed by atoms with Crippen LogP contribution in [0.3, 0.4) is 0 Å². The van der Waals surface area contributed by atoms with Gasteiger partial charge in [0.15, 0.2) is 0 Å². The molecule has 0 aliphatic carbocycles. The Kier molecular flexibility index (Phi) is 7.29. The van der Waals surface area contributed by atoms with E-state index in [4.69, 9.17) is 4.74 Å². The molecule has 0 aromatic carbocycles. The summed E-state index contributed by atoms with van der Waals surface area (Å²) in [6, 6.07) is -0.848. The molecule has 1 atom stereocenters. The molecule has 1 unspecified atom stereocenters. The van der Waals surface area contributed by atoms with Crippen LogP contribution in [-0.2, 0) is 33.5 Å². The van der Waals surface area contributed by atoms with Crippen molar-refractivity contribution in [3.05, 3.63) is 0 Å². The van der Waals surface area contributed by atoms with Gasteiger partial charge in [-0.3, -0.25) is 14.4 Å². The van der Waals surface area contributed by atoms with E-state index < -0.39 is 41.3 Å². The third-order valence-electron chi connectivity index (χ3n) is 3.40. The highest BCUT2D eigenvalue weighted by Gasteiger charge is 2.33. The summed E-state index contributed by atoms with van der Waals surface area (Å²) in [5.74, 6) is -3.35. The lowest BCUT2D eigenvalue weighted by Gasteiger charge is -2.26. The third kappa shape index (κ3) is 6.81.